The second-order valence-electron chi connectivity index (χ2n) is 5.64. The number of benzene rings is 2. The predicted octanol–water partition coefficient (Wildman–Crippen LogP) is 5.24. The molecule has 0 unspecified atom stereocenters. The zero-order valence-corrected chi connectivity index (χ0v) is 15.1. The van der Waals surface area contributed by atoms with Crippen molar-refractivity contribution in [3.05, 3.63) is 64.8 Å². The molecule has 0 aliphatic heterocycles. The van der Waals surface area contributed by atoms with Crippen LogP contribution in [0, 0.1) is 13.8 Å². The number of ether oxygens (including phenoxy) is 1. The summed E-state index contributed by atoms with van der Waals surface area (Å²) in [5, 5.41) is 7.15. The van der Waals surface area contributed by atoms with Gasteiger partial charge in [-0.2, -0.15) is 4.98 Å². The number of methoxy groups -OCH3 is 1. The molecule has 0 atom stereocenters. The van der Waals surface area contributed by atoms with Crippen LogP contribution >= 0.6 is 11.6 Å². The van der Waals surface area contributed by atoms with Gasteiger partial charge in [-0.1, -0.05) is 29.8 Å². The molecule has 6 heteroatoms. The summed E-state index contributed by atoms with van der Waals surface area (Å²) in [4.78, 5) is 8.96. The van der Waals surface area contributed by atoms with Crippen LogP contribution in [0.5, 0.6) is 5.75 Å². The third kappa shape index (κ3) is 4.19. The van der Waals surface area contributed by atoms with Gasteiger partial charge >= 0.3 is 0 Å². The first-order valence-corrected chi connectivity index (χ1v) is 8.22. The Hall–Kier alpha value is -2.79. The normalized spacial score (nSPS) is 10.4. The molecule has 0 radical (unpaired) electrons. The van der Waals surface area contributed by atoms with E-state index in [1.165, 1.54) is 0 Å². The van der Waals surface area contributed by atoms with Gasteiger partial charge in [0.15, 0.2) is 0 Å². The maximum atomic E-state index is 6.16. The molecule has 0 amide bonds. The van der Waals surface area contributed by atoms with Crippen molar-refractivity contribution >= 4 is 34.7 Å². The number of anilines is 4. The van der Waals surface area contributed by atoms with E-state index in [0.717, 1.165) is 22.6 Å². The highest BCUT2D eigenvalue weighted by atomic mass is 35.5. The van der Waals surface area contributed by atoms with Crippen molar-refractivity contribution in [3.8, 4) is 5.75 Å². The van der Waals surface area contributed by atoms with Crippen molar-refractivity contribution in [2.75, 3.05) is 17.7 Å². The molecule has 2 N–H and O–H groups in total. The quantitative estimate of drug-likeness (QED) is 0.656. The number of halogens is 1. The van der Waals surface area contributed by atoms with E-state index in [1.807, 2.05) is 56.3 Å². The number of hydrogen-bond donors (Lipinski definition) is 2. The Morgan fingerprint density at radius 3 is 2.44 bits per heavy atom. The molecule has 25 heavy (non-hydrogen) atoms. The Labute approximate surface area is 152 Å². The van der Waals surface area contributed by atoms with E-state index < -0.39 is 0 Å². The minimum atomic E-state index is 0.526. The molecule has 0 bridgehead atoms. The predicted molar refractivity (Wildman–Crippen MR) is 103 cm³/mol. The van der Waals surface area contributed by atoms with Crippen LogP contribution < -0.4 is 15.4 Å². The highest BCUT2D eigenvalue weighted by Crippen LogP contribution is 2.33. The van der Waals surface area contributed by atoms with Gasteiger partial charge in [-0.3, -0.25) is 0 Å². The van der Waals surface area contributed by atoms with Crippen molar-refractivity contribution in [1.29, 1.82) is 0 Å². The van der Waals surface area contributed by atoms with Gasteiger partial charge < -0.3 is 15.4 Å². The van der Waals surface area contributed by atoms with Gasteiger partial charge in [-0.25, -0.2) is 4.98 Å². The first-order valence-electron chi connectivity index (χ1n) is 7.84. The molecule has 0 fully saturated rings. The average molecular weight is 355 g/mol. The SMILES string of the molecule is COc1cc(Cl)c(C)cc1Nc1cc(C)nc(Nc2ccccc2)n1. The van der Waals surface area contributed by atoms with Crippen molar-refractivity contribution in [2.24, 2.45) is 0 Å². The third-order valence-electron chi connectivity index (χ3n) is 3.63. The van der Waals surface area contributed by atoms with Gasteiger partial charge in [0, 0.05) is 28.5 Å². The fourth-order valence-corrected chi connectivity index (χ4v) is 2.56. The molecule has 1 heterocycles. The van der Waals surface area contributed by atoms with E-state index in [9.17, 15) is 0 Å². The zero-order valence-electron chi connectivity index (χ0n) is 14.3. The Morgan fingerprint density at radius 2 is 1.72 bits per heavy atom. The van der Waals surface area contributed by atoms with Crippen molar-refractivity contribution < 1.29 is 4.74 Å². The van der Waals surface area contributed by atoms with Crippen LogP contribution in [0.25, 0.3) is 0 Å². The fraction of sp³-hybridized carbons (Fsp3) is 0.158. The molecule has 0 aliphatic carbocycles. The lowest BCUT2D eigenvalue weighted by molar-refractivity contribution is 0.416. The van der Waals surface area contributed by atoms with Gasteiger partial charge in [0.25, 0.3) is 0 Å². The van der Waals surface area contributed by atoms with Crippen LogP contribution in [0.15, 0.2) is 48.5 Å². The number of aryl methyl sites for hydroxylation is 2. The molecule has 0 spiro atoms. The molecule has 3 aromatic rings. The number of aromatic nitrogens is 2. The highest BCUT2D eigenvalue weighted by Gasteiger charge is 2.09. The molecule has 2 aromatic carbocycles. The second-order valence-corrected chi connectivity index (χ2v) is 6.04. The number of nitrogens with zero attached hydrogens (tertiary/aromatic N) is 2. The van der Waals surface area contributed by atoms with Gasteiger partial charge in [0.05, 0.1) is 12.8 Å². The standard InChI is InChI=1S/C19H19ClN4O/c1-12-9-16(17(25-3)11-15(12)20)23-18-10-13(2)21-19(24-18)22-14-7-5-4-6-8-14/h4-11H,1-3H3,(H2,21,22,23,24). The van der Waals surface area contributed by atoms with Crippen molar-refractivity contribution in [1.82, 2.24) is 9.97 Å². The maximum Gasteiger partial charge on any atom is 0.229 e. The molecule has 0 aliphatic rings. The average Bonchev–Trinajstić information content (AvgIpc) is 2.58. The summed E-state index contributed by atoms with van der Waals surface area (Å²) in [6.45, 7) is 3.87. The van der Waals surface area contributed by atoms with E-state index in [2.05, 4.69) is 20.6 Å². The molecular weight excluding hydrogens is 336 g/mol. The molecular formula is C19H19ClN4O. The molecule has 0 saturated heterocycles. The Kier molecular flexibility index (Phi) is 5.05. The molecule has 1 aromatic heterocycles. The van der Waals surface area contributed by atoms with E-state index in [-0.39, 0.29) is 0 Å². The van der Waals surface area contributed by atoms with E-state index in [0.29, 0.717) is 22.5 Å². The lowest BCUT2D eigenvalue weighted by Gasteiger charge is -2.14. The zero-order chi connectivity index (χ0) is 17.8. The Balaban J connectivity index is 1.90. The highest BCUT2D eigenvalue weighted by molar-refractivity contribution is 6.31. The monoisotopic (exact) mass is 354 g/mol. The molecule has 128 valence electrons. The number of rotatable bonds is 5. The van der Waals surface area contributed by atoms with Crippen LogP contribution in [-0.4, -0.2) is 17.1 Å². The minimum absolute atomic E-state index is 0.526. The summed E-state index contributed by atoms with van der Waals surface area (Å²) in [6, 6.07) is 15.4. The van der Waals surface area contributed by atoms with Gasteiger partial charge in [0.1, 0.15) is 11.6 Å². The second kappa shape index (κ2) is 7.40. The largest absolute Gasteiger partial charge is 0.495 e. The third-order valence-corrected chi connectivity index (χ3v) is 4.03. The molecule has 5 nitrogen and oxygen atoms in total. The number of para-hydroxylation sites is 1. The van der Waals surface area contributed by atoms with E-state index >= 15 is 0 Å². The van der Waals surface area contributed by atoms with Gasteiger partial charge in [0.2, 0.25) is 5.95 Å². The van der Waals surface area contributed by atoms with Crippen LogP contribution in [0.1, 0.15) is 11.3 Å². The number of hydrogen-bond acceptors (Lipinski definition) is 5. The summed E-state index contributed by atoms with van der Waals surface area (Å²) < 4.78 is 5.40. The maximum absolute atomic E-state index is 6.16. The first kappa shape index (κ1) is 17.0. The summed E-state index contributed by atoms with van der Waals surface area (Å²) in [5.74, 6) is 1.86. The summed E-state index contributed by atoms with van der Waals surface area (Å²) in [6.07, 6.45) is 0. The molecule has 3 rings (SSSR count). The van der Waals surface area contributed by atoms with Crippen LogP contribution in [0.2, 0.25) is 5.02 Å². The Morgan fingerprint density at radius 1 is 0.960 bits per heavy atom. The van der Waals surface area contributed by atoms with Gasteiger partial charge in [-0.05, 0) is 37.6 Å². The summed E-state index contributed by atoms with van der Waals surface area (Å²) >= 11 is 6.16. The van der Waals surface area contributed by atoms with Crippen LogP contribution in [-0.2, 0) is 0 Å². The smallest absolute Gasteiger partial charge is 0.229 e. The van der Waals surface area contributed by atoms with E-state index in [4.69, 9.17) is 16.3 Å². The minimum Gasteiger partial charge on any atom is -0.495 e. The lowest BCUT2D eigenvalue weighted by atomic mass is 10.2. The Bertz CT molecular complexity index is 884. The van der Waals surface area contributed by atoms with Crippen molar-refractivity contribution in [2.45, 2.75) is 13.8 Å². The first-order chi connectivity index (χ1) is 12.0. The fourth-order valence-electron chi connectivity index (χ4n) is 2.41. The topological polar surface area (TPSA) is 59.1 Å². The van der Waals surface area contributed by atoms with Crippen LogP contribution in [0.4, 0.5) is 23.1 Å². The van der Waals surface area contributed by atoms with Gasteiger partial charge in [-0.15, -0.1) is 0 Å². The number of nitrogens with one attached hydrogen (secondary N) is 2. The summed E-state index contributed by atoms with van der Waals surface area (Å²) in [5.41, 5.74) is 3.53. The molecule has 0 saturated carbocycles. The van der Waals surface area contributed by atoms with Crippen LogP contribution in [0.3, 0.4) is 0 Å². The van der Waals surface area contributed by atoms with E-state index in [1.54, 1.807) is 13.2 Å². The lowest BCUT2D eigenvalue weighted by Crippen LogP contribution is -2.03. The summed E-state index contributed by atoms with van der Waals surface area (Å²) in [7, 11) is 1.61. The van der Waals surface area contributed by atoms with Crippen molar-refractivity contribution in [3.63, 3.8) is 0 Å².